The largest absolute Gasteiger partial charge is 0.353 e. The van der Waals surface area contributed by atoms with Gasteiger partial charge >= 0.3 is 0 Å². The van der Waals surface area contributed by atoms with E-state index >= 15 is 0 Å². The number of nitrogens with one attached hydrogen (secondary N) is 2. The Bertz CT molecular complexity index is 752. The van der Waals surface area contributed by atoms with Crippen LogP contribution in [0.5, 0.6) is 0 Å². The van der Waals surface area contributed by atoms with Gasteiger partial charge in [-0.15, -0.1) is 0 Å². The van der Waals surface area contributed by atoms with Gasteiger partial charge in [0, 0.05) is 38.4 Å². The van der Waals surface area contributed by atoms with Crippen LogP contribution in [-0.2, 0) is 16.0 Å². The van der Waals surface area contributed by atoms with Crippen molar-refractivity contribution in [2.45, 2.75) is 44.6 Å². The molecule has 4 rings (SSSR count). The SMILES string of the molecule is O=C1CCC2CN(C(=O)CCCc3nc4ccccc4[nH]3)CCC2N1. The zero-order chi connectivity index (χ0) is 17.2. The molecule has 2 aliphatic rings. The molecule has 2 atom stereocenters. The average molecular weight is 340 g/mol. The van der Waals surface area contributed by atoms with Gasteiger partial charge < -0.3 is 15.2 Å². The van der Waals surface area contributed by atoms with E-state index < -0.39 is 0 Å². The minimum atomic E-state index is 0.159. The molecule has 2 fully saturated rings. The number of H-pyrrole nitrogens is 1. The van der Waals surface area contributed by atoms with Crippen molar-refractivity contribution in [3.05, 3.63) is 30.1 Å². The van der Waals surface area contributed by atoms with Gasteiger partial charge in [-0.3, -0.25) is 9.59 Å². The molecule has 3 heterocycles. The van der Waals surface area contributed by atoms with E-state index in [1.165, 1.54) is 0 Å². The van der Waals surface area contributed by atoms with Crippen LogP contribution in [-0.4, -0.2) is 45.8 Å². The molecule has 0 aliphatic carbocycles. The highest BCUT2D eigenvalue weighted by Crippen LogP contribution is 2.25. The number of benzene rings is 1. The van der Waals surface area contributed by atoms with Crippen molar-refractivity contribution in [3.63, 3.8) is 0 Å². The summed E-state index contributed by atoms with van der Waals surface area (Å²) in [5.74, 6) is 1.76. The number of imidazole rings is 1. The summed E-state index contributed by atoms with van der Waals surface area (Å²) in [6, 6.07) is 8.25. The summed E-state index contributed by atoms with van der Waals surface area (Å²) in [7, 11) is 0. The van der Waals surface area contributed by atoms with Crippen LogP contribution < -0.4 is 5.32 Å². The highest BCUT2D eigenvalue weighted by Gasteiger charge is 2.34. The standard InChI is InChI=1S/C19H24N4O2/c24-18-9-8-13-12-23(11-10-14(13)22-18)19(25)7-3-6-17-20-15-4-1-2-5-16(15)21-17/h1-2,4-5,13-14H,3,6-12H2,(H,20,21)(H,22,24). The van der Waals surface area contributed by atoms with E-state index in [1.807, 2.05) is 29.2 Å². The number of nitrogens with zero attached hydrogens (tertiary/aromatic N) is 2. The number of aryl methyl sites for hydroxylation is 1. The molecule has 2 amide bonds. The van der Waals surface area contributed by atoms with Gasteiger partial charge in [0.1, 0.15) is 5.82 Å². The monoisotopic (exact) mass is 340 g/mol. The predicted molar refractivity (Wildman–Crippen MR) is 94.9 cm³/mol. The topological polar surface area (TPSA) is 78.1 Å². The van der Waals surface area contributed by atoms with Gasteiger partial charge in [0.25, 0.3) is 0 Å². The number of hydrogen-bond acceptors (Lipinski definition) is 3. The molecule has 0 saturated carbocycles. The molecule has 6 heteroatoms. The fraction of sp³-hybridized carbons (Fsp3) is 0.526. The summed E-state index contributed by atoms with van der Waals surface area (Å²) in [5.41, 5.74) is 2.02. The number of carbonyl (C=O) groups is 2. The molecule has 2 N–H and O–H groups in total. The third-order valence-corrected chi connectivity index (χ3v) is 5.42. The maximum Gasteiger partial charge on any atom is 0.222 e. The third-order valence-electron chi connectivity index (χ3n) is 5.42. The van der Waals surface area contributed by atoms with E-state index in [0.717, 1.165) is 55.6 Å². The first-order valence-corrected chi connectivity index (χ1v) is 9.20. The van der Waals surface area contributed by atoms with E-state index in [1.54, 1.807) is 0 Å². The van der Waals surface area contributed by atoms with E-state index in [9.17, 15) is 9.59 Å². The Morgan fingerprint density at radius 2 is 2.16 bits per heavy atom. The van der Waals surface area contributed by atoms with Gasteiger partial charge in [0.2, 0.25) is 11.8 Å². The van der Waals surface area contributed by atoms with Gasteiger partial charge in [-0.1, -0.05) is 12.1 Å². The summed E-state index contributed by atoms with van der Waals surface area (Å²) < 4.78 is 0. The number of para-hydroxylation sites is 2. The minimum Gasteiger partial charge on any atom is -0.353 e. The molecule has 2 saturated heterocycles. The number of likely N-dealkylation sites (tertiary alicyclic amines) is 1. The van der Waals surface area contributed by atoms with Crippen molar-refractivity contribution in [1.29, 1.82) is 0 Å². The van der Waals surface area contributed by atoms with Gasteiger partial charge in [-0.2, -0.15) is 0 Å². The van der Waals surface area contributed by atoms with E-state index in [-0.39, 0.29) is 17.9 Å². The van der Waals surface area contributed by atoms with Gasteiger partial charge in [-0.25, -0.2) is 4.98 Å². The average Bonchev–Trinajstić information content (AvgIpc) is 3.04. The molecular weight excluding hydrogens is 316 g/mol. The lowest BCUT2D eigenvalue weighted by atomic mass is 9.85. The number of fused-ring (bicyclic) bond motifs is 2. The van der Waals surface area contributed by atoms with Crippen LogP contribution in [0.15, 0.2) is 24.3 Å². The molecule has 25 heavy (non-hydrogen) atoms. The number of aromatic amines is 1. The molecule has 0 bridgehead atoms. The zero-order valence-corrected chi connectivity index (χ0v) is 14.3. The number of amides is 2. The Hall–Kier alpha value is -2.37. The van der Waals surface area contributed by atoms with Crippen LogP contribution in [0.2, 0.25) is 0 Å². The molecule has 0 radical (unpaired) electrons. The molecule has 1 aromatic heterocycles. The summed E-state index contributed by atoms with van der Waals surface area (Å²) in [5, 5.41) is 3.07. The van der Waals surface area contributed by atoms with Crippen molar-refractivity contribution in [3.8, 4) is 0 Å². The molecule has 2 aliphatic heterocycles. The second-order valence-corrected chi connectivity index (χ2v) is 7.16. The quantitative estimate of drug-likeness (QED) is 0.894. The van der Waals surface area contributed by atoms with Crippen LogP contribution in [0.1, 0.15) is 37.9 Å². The second-order valence-electron chi connectivity index (χ2n) is 7.16. The number of aromatic nitrogens is 2. The first-order chi connectivity index (χ1) is 12.2. The Labute approximate surface area is 147 Å². The second kappa shape index (κ2) is 6.86. The van der Waals surface area contributed by atoms with Crippen molar-refractivity contribution in [2.24, 2.45) is 5.92 Å². The molecular formula is C19H24N4O2. The van der Waals surface area contributed by atoms with Gasteiger partial charge in [0.05, 0.1) is 11.0 Å². The van der Waals surface area contributed by atoms with Crippen molar-refractivity contribution < 1.29 is 9.59 Å². The Balaban J connectivity index is 1.27. The van der Waals surface area contributed by atoms with Crippen molar-refractivity contribution >= 4 is 22.8 Å². The molecule has 6 nitrogen and oxygen atoms in total. The number of piperidine rings is 2. The van der Waals surface area contributed by atoms with E-state index in [4.69, 9.17) is 0 Å². The number of rotatable bonds is 4. The first-order valence-electron chi connectivity index (χ1n) is 9.20. The lowest BCUT2D eigenvalue weighted by Crippen LogP contribution is -2.55. The van der Waals surface area contributed by atoms with Gasteiger partial charge in [0.15, 0.2) is 0 Å². The molecule has 132 valence electrons. The Kier molecular flexibility index (Phi) is 4.42. The maximum atomic E-state index is 12.5. The molecule has 0 spiro atoms. The highest BCUT2D eigenvalue weighted by atomic mass is 16.2. The van der Waals surface area contributed by atoms with Crippen LogP contribution in [0.3, 0.4) is 0 Å². The Morgan fingerprint density at radius 3 is 3.04 bits per heavy atom. The molecule has 2 aromatic rings. The number of hydrogen-bond donors (Lipinski definition) is 2. The first kappa shape index (κ1) is 16.1. The molecule has 1 aromatic carbocycles. The summed E-state index contributed by atoms with van der Waals surface area (Å²) in [4.78, 5) is 33.8. The third kappa shape index (κ3) is 3.52. The van der Waals surface area contributed by atoms with Crippen LogP contribution >= 0.6 is 0 Å². The normalized spacial score (nSPS) is 23.4. The number of carbonyl (C=O) groups excluding carboxylic acids is 2. The van der Waals surface area contributed by atoms with Crippen molar-refractivity contribution in [2.75, 3.05) is 13.1 Å². The summed E-state index contributed by atoms with van der Waals surface area (Å²) in [6.45, 7) is 1.54. The summed E-state index contributed by atoms with van der Waals surface area (Å²) >= 11 is 0. The van der Waals surface area contributed by atoms with Crippen LogP contribution in [0.4, 0.5) is 0 Å². The lowest BCUT2D eigenvalue weighted by Gasteiger charge is -2.41. The van der Waals surface area contributed by atoms with Crippen LogP contribution in [0.25, 0.3) is 11.0 Å². The molecule has 2 unspecified atom stereocenters. The van der Waals surface area contributed by atoms with Gasteiger partial charge in [-0.05, 0) is 37.3 Å². The predicted octanol–water partition coefficient (Wildman–Crippen LogP) is 2.01. The maximum absolute atomic E-state index is 12.5. The van der Waals surface area contributed by atoms with E-state index in [0.29, 0.717) is 18.8 Å². The van der Waals surface area contributed by atoms with E-state index in [2.05, 4.69) is 15.3 Å². The van der Waals surface area contributed by atoms with Crippen LogP contribution in [0, 0.1) is 5.92 Å². The fourth-order valence-corrected chi connectivity index (χ4v) is 4.03. The van der Waals surface area contributed by atoms with Crippen molar-refractivity contribution in [1.82, 2.24) is 20.2 Å². The highest BCUT2D eigenvalue weighted by molar-refractivity contribution is 5.78. The zero-order valence-electron chi connectivity index (χ0n) is 14.3. The Morgan fingerprint density at radius 1 is 1.28 bits per heavy atom. The lowest BCUT2D eigenvalue weighted by molar-refractivity contribution is -0.134. The fourth-order valence-electron chi connectivity index (χ4n) is 4.03. The minimum absolute atomic E-state index is 0.159. The summed E-state index contributed by atoms with van der Waals surface area (Å²) in [6.07, 6.45) is 4.53. The smallest absolute Gasteiger partial charge is 0.222 e.